The predicted molar refractivity (Wildman–Crippen MR) is 307 cm³/mol. The average Bonchev–Trinajstić information content (AvgIpc) is 4.29. The Balaban J connectivity index is 1.08. The van der Waals surface area contributed by atoms with Crippen molar-refractivity contribution >= 4 is 35.3 Å². The van der Waals surface area contributed by atoms with Crippen molar-refractivity contribution in [1.82, 2.24) is 10.6 Å². The number of Topliss-reactive ketones (excluding diaryl/α,β-unsaturated/α-hetero) is 2. The first kappa shape index (κ1) is 60.4. The summed E-state index contributed by atoms with van der Waals surface area (Å²) in [6, 6.07) is 42.2. The molecule has 12 atom stereocenters. The number of aliphatic hydroxyl groups is 2. The van der Waals surface area contributed by atoms with E-state index in [2.05, 4.69) is 10.6 Å². The van der Waals surface area contributed by atoms with Crippen molar-refractivity contribution in [1.29, 1.82) is 0 Å². The predicted octanol–water partition coefficient (Wildman–Crippen LogP) is 7.54. The summed E-state index contributed by atoms with van der Waals surface area (Å²) in [6.07, 6.45) is -6.24. The third-order valence-electron chi connectivity index (χ3n) is 16.1. The van der Waals surface area contributed by atoms with Crippen LogP contribution in [0.1, 0.15) is 118 Å². The summed E-state index contributed by atoms with van der Waals surface area (Å²) in [5, 5.41) is 31.0. The molecule has 16 nitrogen and oxygen atoms in total. The molecule has 82 heavy (non-hydrogen) atoms. The van der Waals surface area contributed by atoms with Crippen molar-refractivity contribution in [3.05, 3.63) is 213 Å². The van der Waals surface area contributed by atoms with Gasteiger partial charge in [0.2, 0.25) is 0 Å². The molecule has 0 heterocycles. The number of ether oxygens (including phenoxy) is 4. The molecule has 6 aromatic carbocycles. The maximum atomic E-state index is 15.1. The molecule has 8 N–H and O–H groups in total. The van der Waals surface area contributed by atoms with Crippen LogP contribution in [0.5, 0.6) is 0 Å². The largest absolute Gasteiger partial charge is 0.460 e. The molecule has 0 saturated heterocycles. The molecule has 2 amide bonds. The van der Waals surface area contributed by atoms with Gasteiger partial charge in [-0.05, 0) is 58.1 Å². The number of rotatable bonds is 27. The van der Waals surface area contributed by atoms with Crippen LogP contribution in [-0.2, 0) is 77.4 Å². The molecule has 8 rings (SSSR count). The number of esters is 2. The molecular formula is C66H74N4O12. The van der Waals surface area contributed by atoms with Gasteiger partial charge in [-0.25, -0.2) is 0 Å². The summed E-state index contributed by atoms with van der Waals surface area (Å²) < 4.78 is 23.8. The van der Waals surface area contributed by atoms with E-state index in [0.29, 0.717) is 46.2 Å². The van der Waals surface area contributed by atoms with Crippen LogP contribution < -0.4 is 22.1 Å². The zero-order valence-corrected chi connectivity index (χ0v) is 46.7. The van der Waals surface area contributed by atoms with E-state index in [1.165, 1.54) is 0 Å². The van der Waals surface area contributed by atoms with Crippen LogP contribution in [0, 0.1) is 23.7 Å². The maximum absolute atomic E-state index is 15.1. The van der Waals surface area contributed by atoms with Crippen molar-refractivity contribution in [2.75, 3.05) is 0 Å². The van der Waals surface area contributed by atoms with Crippen LogP contribution in [0.25, 0.3) is 0 Å². The van der Waals surface area contributed by atoms with E-state index in [1.807, 2.05) is 52.0 Å². The minimum atomic E-state index is -2.14. The van der Waals surface area contributed by atoms with Gasteiger partial charge in [0.25, 0.3) is 11.8 Å². The second-order valence-corrected chi connectivity index (χ2v) is 21.5. The lowest BCUT2D eigenvalue weighted by atomic mass is 9.88. The van der Waals surface area contributed by atoms with Crippen molar-refractivity contribution in [3.63, 3.8) is 0 Å². The van der Waals surface area contributed by atoms with Crippen LogP contribution in [0.15, 0.2) is 158 Å². The Hall–Kier alpha value is -7.70. The van der Waals surface area contributed by atoms with Crippen LogP contribution >= 0.6 is 0 Å². The monoisotopic (exact) mass is 1110 g/mol. The molecule has 0 unspecified atom stereocenters. The first-order chi connectivity index (χ1) is 39.6. The number of benzene rings is 6. The zero-order valence-electron chi connectivity index (χ0n) is 46.7. The minimum Gasteiger partial charge on any atom is -0.460 e. The highest BCUT2D eigenvalue weighted by Gasteiger charge is 2.46. The summed E-state index contributed by atoms with van der Waals surface area (Å²) in [7, 11) is 0. The summed E-state index contributed by atoms with van der Waals surface area (Å²) in [5.41, 5.74) is 17.9. The van der Waals surface area contributed by atoms with Gasteiger partial charge >= 0.3 is 11.9 Å². The van der Waals surface area contributed by atoms with E-state index in [0.717, 1.165) is 11.1 Å². The molecule has 2 aliphatic carbocycles. The summed E-state index contributed by atoms with van der Waals surface area (Å²) in [4.78, 5) is 85.9. The Kier molecular flexibility index (Phi) is 20.9. The number of nitrogens with one attached hydrogen (secondary N) is 2. The van der Waals surface area contributed by atoms with Gasteiger partial charge < -0.3 is 51.3 Å². The fraction of sp³-hybridized carbons (Fsp3) is 0.364. The topological polar surface area (TPSA) is 256 Å². The molecule has 2 aliphatic rings. The Bertz CT molecular complexity index is 2960. The molecule has 0 bridgehead atoms. The number of nitrogens with two attached hydrogens (primary N) is 2. The second kappa shape index (κ2) is 28.3. The Morgan fingerprint density at radius 3 is 1.21 bits per heavy atom. The lowest BCUT2D eigenvalue weighted by Gasteiger charge is -2.33. The standard InChI is InChI=1S/C66H74N4O12/c1-5-39(3)53(67)65(77)81-37-45-27-15-19-31-49(45)57(71)51-33-43-25-13-17-29-47(43)55(51)69-63(75)61(79-35-41-21-9-7-10-22-41)59(73)60(74)62(80-36-42-23-11-8-12-24-42)64(76)70-56-48-30-18-14-26-44(48)34-52(56)58(72)50-32-20-16-28-46(50)38-82-66(78)54(68)40(4)6-2/h7-32,39-40,51-56,59-62,73-74H,5-6,33-38,67-68H2,1-4H3,(H,69,75)(H,70,76)/t39-,40-,51+,52+,53-,54-,55+,56+,59+,60+,61+,62+/m0/s1. The van der Waals surface area contributed by atoms with Crippen LogP contribution in [-0.4, -0.2) is 82.0 Å². The van der Waals surface area contributed by atoms with E-state index >= 15 is 9.59 Å². The second-order valence-electron chi connectivity index (χ2n) is 21.5. The van der Waals surface area contributed by atoms with Crippen molar-refractivity contribution in [2.24, 2.45) is 35.1 Å². The van der Waals surface area contributed by atoms with Gasteiger partial charge in [0, 0.05) is 22.3 Å². The number of hydrogen-bond donors (Lipinski definition) is 6. The molecule has 0 aliphatic heterocycles. The first-order valence-corrected chi connectivity index (χ1v) is 28.1. The van der Waals surface area contributed by atoms with Gasteiger partial charge in [0.1, 0.15) is 37.5 Å². The highest BCUT2D eigenvalue weighted by atomic mass is 16.5. The average molecular weight is 1120 g/mol. The quantitative estimate of drug-likeness (QED) is 0.0215. The number of fused-ring (bicyclic) bond motifs is 2. The van der Waals surface area contributed by atoms with Gasteiger partial charge in [-0.2, -0.15) is 0 Å². The van der Waals surface area contributed by atoms with Crippen LogP contribution in [0.3, 0.4) is 0 Å². The number of carbonyl (C=O) groups excluding carboxylic acids is 6. The van der Waals surface area contributed by atoms with Crippen molar-refractivity contribution < 1.29 is 57.9 Å². The van der Waals surface area contributed by atoms with Gasteiger partial charge in [-0.15, -0.1) is 0 Å². The fourth-order valence-electron chi connectivity index (χ4n) is 10.7. The fourth-order valence-corrected chi connectivity index (χ4v) is 10.7. The molecule has 0 fully saturated rings. The number of aliphatic hydroxyl groups excluding tert-OH is 2. The number of ketones is 2. The van der Waals surface area contributed by atoms with E-state index in [4.69, 9.17) is 30.4 Å². The Morgan fingerprint density at radius 1 is 0.488 bits per heavy atom. The van der Waals surface area contributed by atoms with Gasteiger partial charge in [-0.1, -0.05) is 198 Å². The molecule has 0 radical (unpaired) electrons. The number of hydrogen-bond acceptors (Lipinski definition) is 14. The third-order valence-corrected chi connectivity index (χ3v) is 16.1. The highest BCUT2D eigenvalue weighted by molar-refractivity contribution is 6.02. The number of amides is 2. The molecule has 0 saturated carbocycles. The molecule has 6 aromatic rings. The van der Waals surface area contributed by atoms with Gasteiger partial charge in [0.05, 0.1) is 37.1 Å². The van der Waals surface area contributed by atoms with Gasteiger partial charge in [0.15, 0.2) is 23.8 Å². The van der Waals surface area contributed by atoms with Crippen molar-refractivity contribution in [3.8, 4) is 0 Å². The lowest BCUT2D eigenvalue weighted by Crippen LogP contribution is -2.57. The zero-order chi connectivity index (χ0) is 58.5. The van der Waals surface area contributed by atoms with Gasteiger partial charge in [-0.3, -0.25) is 28.8 Å². The SMILES string of the molecule is CC[C@H](C)[C@H](N)C(=O)OCc1ccccc1C(=O)[C@@H]1Cc2ccccc2[C@H]1NC(=O)[C@H](OCc1ccccc1)[C@H](O)[C@@H](O)[C@@H](OCc1ccccc1)C(=O)N[C@@H]1c2ccccc2C[C@H]1C(=O)c1ccccc1COC(=O)[C@@H](N)[C@@H](C)CC. The minimum absolute atomic E-state index is 0.127. The number of carbonyl (C=O) groups is 6. The summed E-state index contributed by atoms with van der Waals surface area (Å²) >= 11 is 0. The smallest absolute Gasteiger partial charge is 0.323 e. The third kappa shape index (κ3) is 14.3. The van der Waals surface area contributed by atoms with Crippen LogP contribution in [0.4, 0.5) is 0 Å². The molecule has 16 heteroatoms. The lowest BCUT2D eigenvalue weighted by molar-refractivity contribution is -0.171. The first-order valence-electron chi connectivity index (χ1n) is 28.1. The highest BCUT2D eigenvalue weighted by Crippen LogP contribution is 2.41. The molecule has 0 spiro atoms. The van der Waals surface area contributed by atoms with E-state index in [1.54, 1.807) is 133 Å². The Morgan fingerprint density at radius 2 is 0.829 bits per heavy atom. The maximum Gasteiger partial charge on any atom is 0.323 e. The van der Waals surface area contributed by atoms with E-state index in [-0.39, 0.29) is 73.8 Å². The molecule has 0 aromatic heterocycles. The summed E-state index contributed by atoms with van der Waals surface area (Å²) in [6.45, 7) is 6.71. The normalized spacial score (nSPS) is 19.2. The summed E-state index contributed by atoms with van der Waals surface area (Å²) in [5.74, 6) is -5.68. The van der Waals surface area contributed by atoms with E-state index < -0.39 is 84.2 Å². The Labute approximate surface area is 478 Å². The van der Waals surface area contributed by atoms with E-state index in [9.17, 15) is 29.4 Å². The van der Waals surface area contributed by atoms with Crippen LogP contribution in [0.2, 0.25) is 0 Å². The molecule has 430 valence electrons. The molecular weight excluding hydrogens is 1040 g/mol. The van der Waals surface area contributed by atoms with Crippen molar-refractivity contribution in [2.45, 2.75) is 128 Å².